The highest BCUT2D eigenvalue weighted by Gasteiger charge is 2.65. The highest BCUT2D eigenvalue weighted by Crippen LogP contribution is 2.58. The molecule has 1 saturated heterocycles. The average molecular weight is 692 g/mol. The minimum absolute atomic E-state index is 0.0680. The van der Waals surface area contributed by atoms with E-state index in [9.17, 15) is 27.9 Å². The number of halogens is 6. The lowest BCUT2D eigenvalue weighted by Crippen LogP contribution is -2.49. The van der Waals surface area contributed by atoms with Gasteiger partial charge in [-0.05, 0) is 72.8 Å². The summed E-state index contributed by atoms with van der Waals surface area (Å²) in [7, 11) is 0. The first-order valence-electron chi connectivity index (χ1n) is 14.7. The molecule has 13 heteroatoms. The van der Waals surface area contributed by atoms with Gasteiger partial charge >= 0.3 is 12.1 Å². The van der Waals surface area contributed by atoms with Crippen LogP contribution in [0.25, 0.3) is 0 Å². The van der Waals surface area contributed by atoms with Gasteiger partial charge in [-0.2, -0.15) is 13.2 Å². The number of carboxylic acids is 1. The van der Waals surface area contributed by atoms with E-state index in [1.54, 1.807) is 18.2 Å². The molecule has 0 unspecified atom stereocenters. The summed E-state index contributed by atoms with van der Waals surface area (Å²) in [5.74, 6) is -3.20. The Kier molecular flexibility index (Phi) is 10.6. The standard InChI is InChI=1S/C30H35Cl3N2O3.C2HF3O2/c1-29(2,3)15-24-30(20-12-9-17(31)14-22(20)34-28(30)38)25(19-5-4-6-21(32)26(19)33)27(35-24)23(37)13-16-7-10-18(36)11-8-16;3-2(4,5)1(6)7/h4-6,9,12,14,16,18,24-25,27,35-36H,7-8,10-11,13,15H2,1-3H3,(H,34,38);(H,6,7)/t16?,18?,24-,25+,27+,30+;/m1./s1. The number of carbonyl (C=O) groups excluding carboxylic acids is 2. The molecule has 4 N–H and O–H groups in total. The number of anilines is 1. The smallest absolute Gasteiger partial charge is 0.475 e. The number of ketones is 1. The molecule has 0 aromatic heterocycles. The maximum Gasteiger partial charge on any atom is 0.490 e. The third-order valence-electron chi connectivity index (χ3n) is 8.83. The molecule has 45 heavy (non-hydrogen) atoms. The zero-order valence-electron chi connectivity index (χ0n) is 25.0. The zero-order valence-corrected chi connectivity index (χ0v) is 27.2. The Bertz CT molecular complexity index is 1460. The predicted molar refractivity (Wildman–Crippen MR) is 167 cm³/mol. The average Bonchev–Trinajstić information content (AvgIpc) is 3.40. The molecular weight excluding hydrogens is 656 g/mol. The second-order valence-corrected chi connectivity index (χ2v) is 14.5. The number of alkyl halides is 3. The molecule has 2 aromatic carbocycles. The second kappa shape index (κ2) is 13.4. The summed E-state index contributed by atoms with van der Waals surface area (Å²) in [4.78, 5) is 37.3. The SMILES string of the molecule is CC(C)(C)C[C@H]1N[C@@H](C(=O)CC2CCC(O)CC2)[C@H](c2cccc(Cl)c2Cl)[C@@]12C(=O)Nc1cc(Cl)ccc12.O=C(O)C(F)(F)F. The molecule has 1 aliphatic carbocycles. The van der Waals surface area contributed by atoms with Crippen LogP contribution in [-0.4, -0.2) is 52.2 Å². The summed E-state index contributed by atoms with van der Waals surface area (Å²) in [6.07, 6.45) is -1.24. The van der Waals surface area contributed by atoms with E-state index in [0.717, 1.165) is 18.4 Å². The van der Waals surface area contributed by atoms with E-state index < -0.39 is 29.5 Å². The number of aliphatic hydroxyl groups excluding tert-OH is 1. The number of aliphatic hydroxyl groups is 1. The Morgan fingerprint density at radius 2 is 1.64 bits per heavy atom. The van der Waals surface area contributed by atoms with E-state index in [4.69, 9.17) is 44.7 Å². The highest BCUT2D eigenvalue weighted by atomic mass is 35.5. The Hall–Kier alpha value is -2.37. The topological polar surface area (TPSA) is 116 Å². The second-order valence-electron chi connectivity index (χ2n) is 13.2. The Balaban J connectivity index is 0.000000591. The first-order valence-corrected chi connectivity index (χ1v) is 15.8. The van der Waals surface area contributed by atoms with E-state index in [2.05, 4.69) is 31.4 Å². The minimum Gasteiger partial charge on any atom is -0.475 e. The largest absolute Gasteiger partial charge is 0.490 e. The van der Waals surface area contributed by atoms with Gasteiger partial charge in [-0.3, -0.25) is 9.59 Å². The lowest BCUT2D eigenvalue weighted by Gasteiger charge is -2.38. The van der Waals surface area contributed by atoms with Gasteiger partial charge in [0, 0.05) is 29.1 Å². The number of amides is 1. The fourth-order valence-electron chi connectivity index (χ4n) is 6.96. The van der Waals surface area contributed by atoms with Crippen molar-refractivity contribution < 1.29 is 37.8 Å². The van der Waals surface area contributed by atoms with Crippen molar-refractivity contribution in [1.29, 1.82) is 0 Å². The molecule has 4 atom stereocenters. The predicted octanol–water partition coefficient (Wildman–Crippen LogP) is 7.54. The number of aliphatic carboxylic acids is 1. The van der Waals surface area contributed by atoms with Crippen LogP contribution < -0.4 is 10.6 Å². The van der Waals surface area contributed by atoms with Crippen LogP contribution >= 0.6 is 34.8 Å². The lowest BCUT2D eigenvalue weighted by molar-refractivity contribution is -0.192. The Labute approximate surface area is 274 Å². The molecule has 1 saturated carbocycles. The van der Waals surface area contributed by atoms with Crippen molar-refractivity contribution in [3.8, 4) is 0 Å². The van der Waals surface area contributed by atoms with Gasteiger partial charge in [0.25, 0.3) is 0 Å². The molecule has 2 aliphatic heterocycles. The van der Waals surface area contributed by atoms with Crippen molar-refractivity contribution in [1.82, 2.24) is 5.32 Å². The van der Waals surface area contributed by atoms with Gasteiger partial charge in [0.15, 0.2) is 5.78 Å². The number of rotatable bonds is 5. The van der Waals surface area contributed by atoms with E-state index in [1.165, 1.54) is 0 Å². The molecule has 0 bridgehead atoms. The van der Waals surface area contributed by atoms with Gasteiger partial charge in [0.1, 0.15) is 5.41 Å². The number of nitrogens with one attached hydrogen (secondary N) is 2. The summed E-state index contributed by atoms with van der Waals surface area (Å²) in [6.45, 7) is 6.42. The van der Waals surface area contributed by atoms with Gasteiger partial charge in [-0.15, -0.1) is 0 Å². The quantitative estimate of drug-likeness (QED) is 0.258. The van der Waals surface area contributed by atoms with E-state index in [1.807, 2.05) is 18.2 Å². The number of benzene rings is 2. The molecule has 2 fully saturated rings. The Morgan fingerprint density at radius 1 is 1.02 bits per heavy atom. The molecule has 246 valence electrons. The summed E-state index contributed by atoms with van der Waals surface area (Å²) < 4.78 is 31.7. The van der Waals surface area contributed by atoms with Gasteiger partial charge in [-0.25, -0.2) is 4.79 Å². The van der Waals surface area contributed by atoms with Crippen LogP contribution in [0.1, 0.15) is 76.3 Å². The number of hydrogen-bond acceptors (Lipinski definition) is 5. The van der Waals surface area contributed by atoms with Crippen molar-refractivity contribution in [2.75, 3.05) is 5.32 Å². The van der Waals surface area contributed by atoms with Crippen molar-refractivity contribution in [3.05, 3.63) is 62.6 Å². The number of carboxylic acid groups (broad SMARTS) is 1. The van der Waals surface area contributed by atoms with Crippen LogP contribution in [0, 0.1) is 11.3 Å². The zero-order chi connectivity index (χ0) is 33.5. The maximum atomic E-state index is 14.2. The van der Waals surface area contributed by atoms with Gasteiger partial charge < -0.3 is 20.8 Å². The summed E-state index contributed by atoms with van der Waals surface area (Å²) in [5, 5.41) is 25.1. The fourth-order valence-corrected chi connectivity index (χ4v) is 7.56. The van der Waals surface area contributed by atoms with Crippen LogP contribution in [-0.2, 0) is 19.8 Å². The number of Topliss-reactive ketones (excluding diaryl/α,β-unsaturated/α-hetero) is 1. The maximum absolute atomic E-state index is 14.2. The van der Waals surface area contributed by atoms with Crippen molar-refractivity contribution in [3.63, 3.8) is 0 Å². The van der Waals surface area contributed by atoms with Crippen molar-refractivity contribution >= 4 is 58.1 Å². The number of carbonyl (C=O) groups is 3. The molecule has 2 heterocycles. The first-order chi connectivity index (χ1) is 20.9. The molecule has 1 spiro atoms. The fraction of sp³-hybridized carbons (Fsp3) is 0.531. The Morgan fingerprint density at radius 3 is 2.22 bits per heavy atom. The summed E-state index contributed by atoms with van der Waals surface area (Å²) >= 11 is 19.7. The van der Waals surface area contributed by atoms with E-state index in [0.29, 0.717) is 52.0 Å². The van der Waals surface area contributed by atoms with E-state index in [-0.39, 0.29) is 35.2 Å². The van der Waals surface area contributed by atoms with Crippen molar-refractivity contribution in [2.24, 2.45) is 11.3 Å². The molecule has 1 amide bonds. The molecular formula is C32H36Cl3F3N2O5. The van der Waals surface area contributed by atoms with Crippen LogP contribution in [0.4, 0.5) is 18.9 Å². The molecule has 3 aliphatic rings. The monoisotopic (exact) mass is 690 g/mol. The van der Waals surface area contributed by atoms with E-state index >= 15 is 0 Å². The summed E-state index contributed by atoms with van der Waals surface area (Å²) in [5.41, 5.74) is 0.982. The molecule has 7 nitrogen and oxygen atoms in total. The first kappa shape index (κ1) is 35.5. The molecule has 0 radical (unpaired) electrons. The van der Waals surface area contributed by atoms with Gasteiger partial charge in [-0.1, -0.05) is 73.8 Å². The normalized spacial score (nSPS) is 27.9. The highest BCUT2D eigenvalue weighted by molar-refractivity contribution is 6.42. The van der Waals surface area contributed by atoms with Crippen LogP contribution in [0.3, 0.4) is 0 Å². The van der Waals surface area contributed by atoms with Crippen LogP contribution in [0.2, 0.25) is 15.1 Å². The lowest BCUT2D eigenvalue weighted by atomic mass is 9.62. The summed E-state index contributed by atoms with van der Waals surface area (Å²) in [6, 6.07) is 9.97. The minimum atomic E-state index is -5.08. The van der Waals surface area contributed by atoms with Gasteiger partial charge in [0.2, 0.25) is 5.91 Å². The van der Waals surface area contributed by atoms with Crippen molar-refractivity contribution in [2.45, 2.75) is 95.0 Å². The molecule has 2 aromatic rings. The third-order valence-corrected chi connectivity index (χ3v) is 9.90. The van der Waals surface area contributed by atoms with Crippen LogP contribution in [0.5, 0.6) is 0 Å². The van der Waals surface area contributed by atoms with Gasteiger partial charge in [0.05, 0.1) is 22.2 Å². The van der Waals surface area contributed by atoms with Crippen LogP contribution in [0.15, 0.2) is 36.4 Å². The third kappa shape index (κ3) is 7.46. The number of fused-ring (bicyclic) bond motifs is 2. The number of hydrogen-bond donors (Lipinski definition) is 4. The molecule has 5 rings (SSSR count).